The van der Waals surface area contributed by atoms with E-state index in [0.29, 0.717) is 29.7 Å². The van der Waals surface area contributed by atoms with Gasteiger partial charge in [-0.15, -0.1) is 0 Å². The van der Waals surface area contributed by atoms with Gasteiger partial charge in [0.15, 0.2) is 0 Å². The molecule has 0 bridgehead atoms. The third-order valence-corrected chi connectivity index (χ3v) is 14.1. The standard InChI is InChI=1S/C36H60N3O5/c1-7-18-39(6)19-16-38(17-20-39)31-22-30-28-9-8-26-21-33(43-24(2)40)32(37-14-11-27(42)12-15-37)23-36(26,5)29(28)10-13-35(30,4)34(31)44-25(3)41/h7,26-34,42H,1,8-23H2,2-6H3/q+1/t26?,28-,29-,30+,31?,32?,33?,34?,35+,36+/m1/s1. The second-order valence-electron chi connectivity index (χ2n) is 16.5. The number of likely N-dealkylation sites (N-methyl/N-ethyl adjacent to an activating group) is 1. The molecular formula is C36H60N3O5+. The van der Waals surface area contributed by atoms with E-state index in [1.165, 1.54) is 19.3 Å². The number of hydrogen-bond acceptors (Lipinski definition) is 7. The number of hydrogen-bond donors (Lipinski definition) is 1. The van der Waals surface area contributed by atoms with Crippen molar-refractivity contribution in [3.05, 3.63) is 12.7 Å². The molecule has 4 saturated carbocycles. The molecule has 44 heavy (non-hydrogen) atoms. The number of rotatable bonds is 6. The van der Waals surface area contributed by atoms with Crippen LogP contribution in [0.25, 0.3) is 0 Å². The molecule has 0 radical (unpaired) electrons. The summed E-state index contributed by atoms with van der Waals surface area (Å²) < 4.78 is 13.4. The second kappa shape index (κ2) is 12.3. The van der Waals surface area contributed by atoms with E-state index >= 15 is 0 Å². The highest BCUT2D eigenvalue weighted by molar-refractivity contribution is 5.66. The minimum Gasteiger partial charge on any atom is -0.461 e. The van der Waals surface area contributed by atoms with Gasteiger partial charge in [-0.3, -0.25) is 19.4 Å². The van der Waals surface area contributed by atoms with Crippen LogP contribution in [0, 0.1) is 34.5 Å². The summed E-state index contributed by atoms with van der Waals surface area (Å²) in [4.78, 5) is 30.0. The fourth-order valence-electron chi connectivity index (χ4n) is 11.7. The number of carbonyl (C=O) groups is 2. The Bertz CT molecular complexity index is 1080. The molecule has 10 atom stereocenters. The van der Waals surface area contributed by atoms with Gasteiger partial charge >= 0.3 is 11.9 Å². The van der Waals surface area contributed by atoms with E-state index < -0.39 is 0 Å². The van der Waals surface area contributed by atoms with Gasteiger partial charge in [-0.2, -0.15) is 0 Å². The summed E-state index contributed by atoms with van der Waals surface area (Å²) in [5.74, 6) is 2.09. The van der Waals surface area contributed by atoms with Crippen molar-refractivity contribution in [2.45, 2.75) is 116 Å². The van der Waals surface area contributed by atoms with Crippen LogP contribution >= 0.6 is 0 Å². The third-order valence-electron chi connectivity index (χ3n) is 14.1. The molecule has 6 fully saturated rings. The predicted molar refractivity (Wildman–Crippen MR) is 171 cm³/mol. The van der Waals surface area contributed by atoms with Crippen molar-refractivity contribution in [1.29, 1.82) is 0 Å². The molecule has 0 spiro atoms. The lowest BCUT2D eigenvalue weighted by molar-refractivity contribution is -0.908. The van der Waals surface area contributed by atoms with E-state index in [1.54, 1.807) is 13.8 Å². The van der Waals surface area contributed by atoms with E-state index in [2.05, 4.69) is 43.3 Å². The number of aliphatic hydroxyl groups is 1. The van der Waals surface area contributed by atoms with Gasteiger partial charge in [0.25, 0.3) is 0 Å². The largest absolute Gasteiger partial charge is 0.461 e. The van der Waals surface area contributed by atoms with Crippen molar-refractivity contribution in [3.8, 4) is 0 Å². The third kappa shape index (κ3) is 5.79. The average molecular weight is 615 g/mol. The number of carbonyl (C=O) groups excluding carboxylic acids is 2. The van der Waals surface area contributed by atoms with Crippen molar-refractivity contribution in [3.63, 3.8) is 0 Å². The van der Waals surface area contributed by atoms with Crippen molar-refractivity contribution >= 4 is 11.9 Å². The lowest BCUT2D eigenvalue weighted by Crippen LogP contribution is -2.61. The lowest BCUT2D eigenvalue weighted by atomic mass is 9.44. The van der Waals surface area contributed by atoms with Crippen molar-refractivity contribution < 1.29 is 28.7 Å². The van der Waals surface area contributed by atoms with Crippen LogP contribution in [0.4, 0.5) is 0 Å². The lowest BCUT2D eigenvalue weighted by Gasteiger charge is -2.62. The van der Waals surface area contributed by atoms with Gasteiger partial charge < -0.3 is 19.1 Å². The first-order chi connectivity index (χ1) is 20.9. The summed E-state index contributed by atoms with van der Waals surface area (Å²) in [5.41, 5.74) is 0.209. The van der Waals surface area contributed by atoms with Gasteiger partial charge in [0.1, 0.15) is 12.2 Å². The molecule has 5 unspecified atom stereocenters. The zero-order valence-electron chi connectivity index (χ0n) is 28.2. The fraction of sp³-hybridized carbons (Fsp3) is 0.889. The summed E-state index contributed by atoms with van der Waals surface area (Å²) >= 11 is 0. The number of likely N-dealkylation sites (tertiary alicyclic amines) is 1. The molecule has 2 aliphatic heterocycles. The Labute approximate surface area is 266 Å². The van der Waals surface area contributed by atoms with Crippen LogP contribution in [-0.4, -0.2) is 115 Å². The molecule has 1 N–H and O–H groups in total. The van der Waals surface area contributed by atoms with Crippen LogP contribution in [0.2, 0.25) is 0 Å². The number of aliphatic hydroxyl groups excluding tert-OH is 1. The molecule has 8 heteroatoms. The quantitative estimate of drug-likeness (QED) is 0.272. The van der Waals surface area contributed by atoms with Crippen LogP contribution in [0.1, 0.15) is 85.5 Å². The number of ether oxygens (including phenoxy) is 2. The topological polar surface area (TPSA) is 79.3 Å². The smallest absolute Gasteiger partial charge is 0.302 e. The summed E-state index contributed by atoms with van der Waals surface area (Å²) in [6, 6.07) is 0.518. The maximum absolute atomic E-state index is 12.6. The number of piperidine rings is 1. The van der Waals surface area contributed by atoms with Crippen LogP contribution in [0.15, 0.2) is 12.7 Å². The molecule has 0 aromatic rings. The van der Waals surface area contributed by atoms with Gasteiger partial charge in [-0.05, 0) is 93.0 Å². The highest BCUT2D eigenvalue weighted by Gasteiger charge is 2.65. The zero-order valence-corrected chi connectivity index (χ0v) is 28.2. The zero-order chi connectivity index (χ0) is 31.4. The van der Waals surface area contributed by atoms with E-state index in [9.17, 15) is 14.7 Å². The molecule has 4 aliphatic carbocycles. The number of nitrogens with zero attached hydrogens (tertiary/aromatic N) is 3. The molecule has 0 amide bonds. The first-order valence-electron chi connectivity index (χ1n) is 17.8. The molecule has 2 saturated heterocycles. The highest BCUT2D eigenvalue weighted by Crippen LogP contribution is 2.67. The van der Waals surface area contributed by atoms with E-state index in [4.69, 9.17) is 9.47 Å². The summed E-state index contributed by atoms with van der Waals surface area (Å²) in [7, 11) is 2.34. The Kier molecular flexibility index (Phi) is 9.06. The fourth-order valence-corrected chi connectivity index (χ4v) is 11.7. The van der Waals surface area contributed by atoms with Gasteiger partial charge in [0.05, 0.1) is 32.8 Å². The number of quaternary nitrogens is 1. The van der Waals surface area contributed by atoms with Gasteiger partial charge in [-0.1, -0.05) is 20.4 Å². The van der Waals surface area contributed by atoms with Crippen molar-refractivity contribution in [2.24, 2.45) is 34.5 Å². The SMILES string of the molecule is C=CC[N+]1(C)CCN(C2C[C@H]3[C@@H]4CCC5CC(OC(C)=O)C(N6CCC(O)CC6)C[C@]5(C)[C@@H]4CC[C@]3(C)C2OC(C)=O)CC1. The van der Waals surface area contributed by atoms with E-state index in [-0.39, 0.29) is 47.1 Å². The summed E-state index contributed by atoms with van der Waals surface area (Å²) in [5, 5.41) is 10.2. The minimum absolute atomic E-state index is 0.00871. The number of fused-ring (bicyclic) bond motifs is 5. The summed E-state index contributed by atoms with van der Waals surface area (Å²) in [6.45, 7) is 19.3. The number of esters is 2. The molecule has 6 aliphatic rings. The van der Waals surface area contributed by atoms with Crippen molar-refractivity contribution in [2.75, 3.05) is 52.9 Å². The minimum atomic E-state index is -0.213. The Hall–Kier alpha value is -1.48. The normalized spacial score (nSPS) is 44.6. The molecule has 0 aromatic heterocycles. The molecule has 248 valence electrons. The monoisotopic (exact) mass is 614 g/mol. The van der Waals surface area contributed by atoms with Gasteiger partial charge in [0.2, 0.25) is 0 Å². The Morgan fingerprint density at radius 3 is 2.18 bits per heavy atom. The maximum atomic E-state index is 12.6. The van der Waals surface area contributed by atoms with Gasteiger partial charge in [0, 0.05) is 57.5 Å². The van der Waals surface area contributed by atoms with Crippen LogP contribution in [0.5, 0.6) is 0 Å². The molecule has 0 aromatic carbocycles. The van der Waals surface area contributed by atoms with Gasteiger partial charge in [-0.25, -0.2) is 0 Å². The Morgan fingerprint density at radius 1 is 0.886 bits per heavy atom. The Balaban J connectivity index is 1.24. The summed E-state index contributed by atoms with van der Waals surface area (Å²) in [6.07, 6.45) is 11.2. The van der Waals surface area contributed by atoms with Crippen LogP contribution in [-0.2, 0) is 19.1 Å². The van der Waals surface area contributed by atoms with Crippen LogP contribution in [0.3, 0.4) is 0 Å². The highest BCUT2D eigenvalue weighted by atomic mass is 16.5. The van der Waals surface area contributed by atoms with E-state index in [0.717, 1.165) is 88.8 Å². The first kappa shape index (κ1) is 32.5. The molecule has 6 rings (SSSR count). The Morgan fingerprint density at radius 2 is 1.55 bits per heavy atom. The molecular weight excluding hydrogens is 554 g/mol. The van der Waals surface area contributed by atoms with Crippen LogP contribution < -0.4 is 0 Å². The van der Waals surface area contributed by atoms with E-state index in [1.807, 2.05) is 0 Å². The molecule has 2 heterocycles. The predicted octanol–water partition coefficient (Wildman–Crippen LogP) is 4.25. The maximum Gasteiger partial charge on any atom is 0.302 e. The first-order valence-corrected chi connectivity index (χ1v) is 17.8. The second-order valence-corrected chi connectivity index (χ2v) is 16.5. The van der Waals surface area contributed by atoms with Crippen molar-refractivity contribution in [1.82, 2.24) is 9.80 Å². The number of piperazine rings is 1. The average Bonchev–Trinajstić information content (AvgIpc) is 3.25. The molecule has 8 nitrogen and oxygen atoms in total.